The van der Waals surface area contributed by atoms with E-state index in [1.807, 2.05) is 35.7 Å². The number of thiazole rings is 1. The fourth-order valence-corrected chi connectivity index (χ4v) is 4.65. The first-order valence-corrected chi connectivity index (χ1v) is 11.5. The fraction of sp³-hybridized carbons (Fsp3) is 0.0417. The Kier molecular flexibility index (Phi) is 5.62. The van der Waals surface area contributed by atoms with Gasteiger partial charge in [-0.05, 0) is 42.5 Å². The topological polar surface area (TPSA) is 50.0 Å². The van der Waals surface area contributed by atoms with Gasteiger partial charge in [0.25, 0.3) is 5.91 Å². The van der Waals surface area contributed by atoms with Crippen LogP contribution in [0.4, 0.5) is 15.8 Å². The fourth-order valence-electron chi connectivity index (χ4n) is 3.50. The molecule has 4 aromatic rings. The Hall–Kier alpha value is -3.26. The van der Waals surface area contributed by atoms with Crippen LogP contribution >= 0.6 is 34.5 Å². The van der Waals surface area contributed by atoms with Gasteiger partial charge in [-0.15, -0.1) is 11.3 Å². The molecule has 0 aliphatic carbocycles. The Morgan fingerprint density at radius 3 is 2.48 bits per heavy atom. The van der Waals surface area contributed by atoms with Crippen LogP contribution in [0, 0.1) is 5.82 Å². The average molecular weight is 497 g/mol. The maximum Gasteiger partial charge on any atom is 0.279 e. The number of hydrogen-bond donors (Lipinski definition) is 0. The zero-order valence-electron chi connectivity index (χ0n) is 17.2. The zero-order chi connectivity index (χ0) is 23.1. The predicted molar refractivity (Wildman–Crippen MR) is 131 cm³/mol. The van der Waals surface area contributed by atoms with E-state index in [4.69, 9.17) is 28.3 Å². The summed E-state index contributed by atoms with van der Waals surface area (Å²) in [6.07, 6.45) is 0. The van der Waals surface area contributed by atoms with Gasteiger partial charge in [-0.1, -0.05) is 47.5 Å². The molecule has 9 heteroatoms. The van der Waals surface area contributed by atoms with Gasteiger partial charge in [0.2, 0.25) is 4.80 Å². The van der Waals surface area contributed by atoms with Crippen LogP contribution in [0.2, 0.25) is 10.0 Å². The Bertz CT molecular complexity index is 1490. The molecule has 1 amide bonds. The molecule has 1 aliphatic heterocycles. The van der Waals surface area contributed by atoms with E-state index in [0.29, 0.717) is 31.9 Å². The van der Waals surface area contributed by atoms with Gasteiger partial charge < -0.3 is 4.90 Å². The first-order chi connectivity index (χ1) is 15.9. The SMILES string of the molecule is CN1C(=O)C(=Nn2c(-c3ccc(Cl)c(Cl)c3)csc2=Nc2ccc(F)cc2)c2ccccc21. The van der Waals surface area contributed by atoms with Gasteiger partial charge in [-0.2, -0.15) is 5.10 Å². The number of carbonyl (C=O) groups is 1. The van der Waals surface area contributed by atoms with Crippen LogP contribution in [-0.2, 0) is 4.79 Å². The first kappa shape index (κ1) is 21.6. The molecule has 0 unspecified atom stereocenters. The van der Waals surface area contributed by atoms with E-state index < -0.39 is 0 Å². The van der Waals surface area contributed by atoms with Gasteiger partial charge in [0.1, 0.15) is 5.82 Å². The molecule has 5 rings (SSSR count). The number of benzene rings is 3. The Balaban J connectivity index is 1.75. The molecule has 0 radical (unpaired) electrons. The summed E-state index contributed by atoms with van der Waals surface area (Å²) in [5.74, 6) is -0.566. The second-order valence-corrected chi connectivity index (χ2v) is 8.91. The number of likely N-dealkylation sites (N-methyl/N-ethyl adjacent to an activating group) is 1. The molecule has 0 spiro atoms. The molecule has 1 aliphatic rings. The second kappa shape index (κ2) is 8.59. The van der Waals surface area contributed by atoms with E-state index in [1.54, 1.807) is 40.9 Å². The van der Waals surface area contributed by atoms with Crippen LogP contribution in [0.25, 0.3) is 11.3 Å². The molecule has 2 heterocycles. The van der Waals surface area contributed by atoms with E-state index in [0.717, 1.165) is 16.8 Å². The minimum Gasteiger partial charge on any atom is -0.309 e. The minimum atomic E-state index is -0.346. The lowest BCUT2D eigenvalue weighted by Crippen LogP contribution is -2.27. The molecule has 1 aromatic heterocycles. The Morgan fingerprint density at radius 2 is 1.73 bits per heavy atom. The molecule has 0 saturated carbocycles. The lowest BCUT2D eigenvalue weighted by molar-refractivity contribution is -0.112. The summed E-state index contributed by atoms with van der Waals surface area (Å²) in [4.78, 5) is 19.7. The quantitative estimate of drug-likeness (QED) is 0.336. The third-order valence-electron chi connectivity index (χ3n) is 5.18. The number of hydrogen-bond acceptors (Lipinski definition) is 4. The van der Waals surface area contributed by atoms with E-state index in [9.17, 15) is 9.18 Å². The molecule has 0 N–H and O–H groups in total. The van der Waals surface area contributed by atoms with Crippen molar-refractivity contribution in [3.8, 4) is 11.3 Å². The summed E-state index contributed by atoms with van der Waals surface area (Å²) >= 11 is 13.7. The molecule has 0 atom stereocenters. The van der Waals surface area contributed by atoms with Crippen molar-refractivity contribution in [2.45, 2.75) is 0 Å². The molecule has 33 heavy (non-hydrogen) atoms. The second-order valence-electron chi connectivity index (χ2n) is 7.26. The van der Waals surface area contributed by atoms with Gasteiger partial charge in [0, 0.05) is 23.6 Å². The number of halogens is 3. The summed E-state index contributed by atoms with van der Waals surface area (Å²) in [5.41, 5.74) is 3.82. The van der Waals surface area contributed by atoms with Crippen LogP contribution in [0.1, 0.15) is 5.56 Å². The maximum absolute atomic E-state index is 13.4. The van der Waals surface area contributed by atoms with Crippen LogP contribution in [-0.4, -0.2) is 23.3 Å². The van der Waals surface area contributed by atoms with Crippen molar-refractivity contribution in [2.75, 3.05) is 11.9 Å². The highest BCUT2D eigenvalue weighted by Gasteiger charge is 2.31. The van der Waals surface area contributed by atoms with Crippen molar-refractivity contribution in [2.24, 2.45) is 10.1 Å². The van der Waals surface area contributed by atoms with Crippen LogP contribution in [0.5, 0.6) is 0 Å². The summed E-state index contributed by atoms with van der Waals surface area (Å²) in [7, 11) is 1.71. The van der Waals surface area contributed by atoms with E-state index in [-0.39, 0.29) is 11.7 Å². The number of amides is 1. The zero-order valence-corrected chi connectivity index (χ0v) is 19.5. The number of carbonyl (C=O) groups excluding carboxylic acids is 1. The van der Waals surface area contributed by atoms with Gasteiger partial charge in [0.05, 0.1) is 27.1 Å². The van der Waals surface area contributed by atoms with E-state index in [1.165, 1.54) is 23.5 Å². The normalized spacial score (nSPS) is 14.9. The third kappa shape index (κ3) is 3.99. The molecular formula is C24H15Cl2FN4OS. The number of nitrogens with zero attached hydrogens (tertiary/aromatic N) is 4. The molecule has 5 nitrogen and oxygen atoms in total. The van der Waals surface area contributed by atoms with Crippen LogP contribution < -0.4 is 9.70 Å². The van der Waals surface area contributed by atoms with Gasteiger partial charge >= 0.3 is 0 Å². The standard InChI is InChI=1S/C24H15Cl2FN4OS/c1-30-20-5-3-2-4-17(20)22(23(30)32)29-31-21(14-6-11-18(25)19(26)12-14)13-33-24(31)28-16-9-7-15(27)8-10-16/h2-13H,1H3. The van der Waals surface area contributed by atoms with Crippen molar-refractivity contribution < 1.29 is 9.18 Å². The smallest absolute Gasteiger partial charge is 0.279 e. The monoisotopic (exact) mass is 496 g/mol. The number of rotatable bonds is 3. The van der Waals surface area contributed by atoms with Crippen molar-refractivity contribution in [1.29, 1.82) is 0 Å². The number of fused-ring (bicyclic) bond motifs is 1. The summed E-state index contributed by atoms with van der Waals surface area (Å²) in [6.45, 7) is 0. The lowest BCUT2D eigenvalue weighted by atomic mass is 10.1. The first-order valence-electron chi connectivity index (χ1n) is 9.85. The highest BCUT2D eigenvalue weighted by atomic mass is 35.5. The molecule has 3 aromatic carbocycles. The van der Waals surface area contributed by atoms with E-state index in [2.05, 4.69) is 4.99 Å². The molecule has 0 fully saturated rings. The van der Waals surface area contributed by atoms with Crippen molar-refractivity contribution in [1.82, 2.24) is 4.68 Å². The third-order valence-corrected chi connectivity index (χ3v) is 6.73. The highest BCUT2D eigenvalue weighted by Crippen LogP contribution is 2.31. The largest absolute Gasteiger partial charge is 0.309 e. The predicted octanol–water partition coefficient (Wildman–Crippen LogP) is 6.12. The van der Waals surface area contributed by atoms with Crippen molar-refractivity contribution in [3.05, 3.63) is 98.3 Å². The molecule has 0 saturated heterocycles. The van der Waals surface area contributed by atoms with Crippen LogP contribution in [0.3, 0.4) is 0 Å². The highest BCUT2D eigenvalue weighted by molar-refractivity contribution is 7.07. The van der Waals surface area contributed by atoms with E-state index >= 15 is 0 Å². The van der Waals surface area contributed by atoms with Gasteiger partial charge in [-0.25, -0.2) is 14.1 Å². The Morgan fingerprint density at radius 1 is 0.970 bits per heavy atom. The summed E-state index contributed by atoms with van der Waals surface area (Å²) < 4.78 is 15.0. The van der Waals surface area contributed by atoms with Crippen LogP contribution in [0.15, 0.2) is 82.2 Å². The van der Waals surface area contributed by atoms with Gasteiger partial charge in [-0.3, -0.25) is 4.79 Å². The number of aromatic nitrogens is 1. The van der Waals surface area contributed by atoms with Crippen molar-refractivity contribution in [3.63, 3.8) is 0 Å². The summed E-state index contributed by atoms with van der Waals surface area (Å²) in [6, 6.07) is 18.6. The number of anilines is 1. The summed E-state index contributed by atoms with van der Waals surface area (Å²) in [5, 5.41) is 7.46. The minimum absolute atomic E-state index is 0.220. The lowest BCUT2D eigenvalue weighted by Gasteiger charge is -2.08. The Labute approximate surface area is 202 Å². The number of para-hydroxylation sites is 1. The molecule has 164 valence electrons. The maximum atomic E-state index is 13.4. The average Bonchev–Trinajstić information content (AvgIpc) is 3.32. The molecular weight excluding hydrogens is 482 g/mol. The molecule has 0 bridgehead atoms. The van der Waals surface area contributed by atoms with Crippen molar-refractivity contribution >= 4 is 57.5 Å². The van der Waals surface area contributed by atoms with Gasteiger partial charge in [0.15, 0.2) is 5.71 Å².